The Morgan fingerprint density at radius 1 is 1.07 bits per heavy atom. The minimum Gasteiger partial charge on any atom is -0.490 e. The lowest BCUT2D eigenvalue weighted by Gasteiger charge is -2.11. The van der Waals surface area contributed by atoms with Gasteiger partial charge in [0.05, 0.1) is 17.7 Å². The highest BCUT2D eigenvalue weighted by Crippen LogP contribution is 2.28. The SMILES string of the molecule is CCOc1ccc(/C=c2/sc3nc(-c4ccc(F)cc4)nn3c2=O)cc1OCC. The van der Waals surface area contributed by atoms with Gasteiger partial charge in [0.1, 0.15) is 5.82 Å². The maximum atomic E-state index is 13.1. The smallest absolute Gasteiger partial charge is 0.291 e. The summed E-state index contributed by atoms with van der Waals surface area (Å²) >= 11 is 1.25. The number of thiazole rings is 1. The number of nitrogens with zero attached hydrogens (tertiary/aromatic N) is 3. The molecule has 0 atom stereocenters. The van der Waals surface area contributed by atoms with Crippen LogP contribution in [0.5, 0.6) is 11.5 Å². The molecule has 0 aliphatic heterocycles. The third-order valence-electron chi connectivity index (χ3n) is 4.15. The molecule has 0 bridgehead atoms. The van der Waals surface area contributed by atoms with Crippen molar-refractivity contribution in [3.8, 4) is 22.9 Å². The van der Waals surface area contributed by atoms with Gasteiger partial charge in [0.15, 0.2) is 17.3 Å². The Kier molecular flexibility index (Phi) is 5.26. The second-order valence-electron chi connectivity index (χ2n) is 6.12. The monoisotopic (exact) mass is 411 g/mol. The number of halogens is 1. The van der Waals surface area contributed by atoms with Crippen LogP contribution in [-0.2, 0) is 0 Å². The summed E-state index contributed by atoms with van der Waals surface area (Å²) in [5.41, 5.74) is 1.22. The molecule has 0 N–H and O–H groups in total. The average Bonchev–Trinajstić information content (AvgIpc) is 3.25. The van der Waals surface area contributed by atoms with Gasteiger partial charge in [-0.1, -0.05) is 17.4 Å². The first-order chi connectivity index (χ1) is 14.1. The lowest BCUT2D eigenvalue weighted by molar-refractivity contribution is 0.287. The number of hydrogen-bond donors (Lipinski definition) is 0. The number of rotatable bonds is 6. The van der Waals surface area contributed by atoms with Crippen LogP contribution in [0.1, 0.15) is 19.4 Å². The van der Waals surface area contributed by atoms with Crippen LogP contribution in [0.4, 0.5) is 4.39 Å². The van der Waals surface area contributed by atoms with Crippen molar-refractivity contribution in [1.29, 1.82) is 0 Å². The maximum Gasteiger partial charge on any atom is 0.291 e. The largest absolute Gasteiger partial charge is 0.490 e. The zero-order chi connectivity index (χ0) is 20.4. The highest BCUT2D eigenvalue weighted by atomic mass is 32.1. The number of ether oxygens (including phenoxy) is 2. The first-order valence-electron chi connectivity index (χ1n) is 9.16. The summed E-state index contributed by atoms with van der Waals surface area (Å²) in [5.74, 6) is 1.35. The van der Waals surface area contributed by atoms with Crippen molar-refractivity contribution in [2.24, 2.45) is 0 Å². The first-order valence-corrected chi connectivity index (χ1v) is 9.97. The van der Waals surface area contributed by atoms with Crippen LogP contribution in [0.25, 0.3) is 22.4 Å². The fourth-order valence-electron chi connectivity index (χ4n) is 2.86. The maximum absolute atomic E-state index is 13.1. The van der Waals surface area contributed by atoms with Crippen LogP contribution < -0.4 is 19.6 Å². The zero-order valence-corrected chi connectivity index (χ0v) is 16.7. The van der Waals surface area contributed by atoms with Crippen molar-refractivity contribution in [3.63, 3.8) is 0 Å². The van der Waals surface area contributed by atoms with Crippen LogP contribution >= 0.6 is 11.3 Å². The van der Waals surface area contributed by atoms with E-state index in [0.29, 0.717) is 45.6 Å². The molecule has 0 fully saturated rings. The van der Waals surface area contributed by atoms with E-state index in [1.807, 2.05) is 32.0 Å². The lowest BCUT2D eigenvalue weighted by atomic mass is 10.2. The van der Waals surface area contributed by atoms with Crippen molar-refractivity contribution in [1.82, 2.24) is 14.6 Å². The Morgan fingerprint density at radius 2 is 1.79 bits per heavy atom. The molecule has 2 aromatic carbocycles. The average molecular weight is 411 g/mol. The zero-order valence-electron chi connectivity index (χ0n) is 15.9. The number of aromatic nitrogens is 3. The van der Waals surface area contributed by atoms with Gasteiger partial charge in [-0.15, -0.1) is 5.10 Å². The van der Waals surface area contributed by atoms with Crippen LogP contribution in [0.15, 0.2) is 47.3 Å². The number of fused-ring (bicyclic) bond motifs is 1. The summed E-state index contributed by atoms with van der Waals surface area (Å²) in [5, 5.41) is 4.28. The quantitative estimate of drug-likeness (QED) is 0.487. The van der Waals surface area contributed by atoms with E-state index in [2.05, 4.69) is 10.1 Å². The van der Waals surface area contributed by atoms with E-state index in [9.17, 15) is 9.18 Å². The van der Waals surface area contributed by atoms with Gasteiger partial charge in [-0.3, -0.25) is 4.79 Å². The second kappa shape index (κ2) is 8.00. The van der Waals surface area contributed by atoms with E-state index in [1.165, 1.54) is 28.0 Å². The molecule has 148 valence electrons. The molecule has 0 saturated heterocycles. The lowest BCUT2D eigenvalue weighted by Crippen LogP contribution is -2.23. The fraction of sp³-hybridized carbons (Fsp3) is 0.190. The molecule has 0 radical (unpaired) electrons. The van der Waals surface area contributed by atoms with Gasteiger partial charge < -0.3 is 9.47 Å². The summed E-state index contributed by atoms with van der Waals surface area (Å²) in [6, 6.07) is 11.4. The normalized spacial score (nSPS) is 11.9. The molecule has 6 nitrogen and oxygen atoms in total. The Balaban J connectivity index is 1.72. The van der Waals surface area contributed by atoms with Crippen molar-refractivity contribution in [3.05, 3.63) is 68.7 Å². The Hall–Kier alpha value is -3.26. The highest BCUT2D eigenvalue weighted by Gasteiger charge is 2.12. The minimum atomic E-state index is -0.335. The molecule has 0 aliphatic rings. The third-order valence-corrected chi connectivity index (χ3v) is 5.11. The van der Waals surface area contributed by atoms with Gasteiger partial charge in [0, 0.05) is 5.56 Å². The Labute approximate surface area is 169 Å². The molecule has 0 amide bonds. The molecule has 2 aromatic heterocycles. The van der Waals surface area contributed by atoms with Crippen molar-refractivity contribution in [2.45, 2.75) is 13.8 Å². The fourth-order valence-corrected chi connectivity index (χ4v) is 3.77. The molecular formula is C21H18FN3O3S. The molecule has 2 heterocycles. The van der Waals surface area contributed by atoms with Gasteiger partial charge in [-0.2, -0.15) is 9.50 Å². The molecule has 0 aliphatic carbocycles. The number of hydrogen-bond acceptors (Lipinski definition) is 6. The van der Waals surface area contributed by atoms with E-state index < -0.39 is 0 Å². The van der Waals surface area contributed by atoms with E-state index in [-0.39, 0.29) is 11.4 Å². The molecule has 0 saturated carbocycles. The Bertz CT molecular complexity index is 1270. The van der Waals surface area contributed by atoms with Gasteiger partial charge in [0.2, 0.25) is 4.96 Å². The van der Waals surface area contributed by atoms with Crippen LogP contribution in [0, 0.1) is 5.82 Å². The summed E-state index contributed by atoms with van der Waals surface area (Å²) in [6.45, 7) is 4.87. The van der Waals surface area contributed by atoms with E-state index >= 15 is 0 Å². The molecular weight excluding hydrogens is 393 g/mol. The molecule has 0 spiro atoms. The minimum absolute atomic E-state index is 0.252. The van der Waals surface area contributed by atoms with Gasteiger partial charge >= 0.3 is 0 Å². The summed E-state index contributed by atoms with van der Waals surface area (Å²) < 4.78 is 26.1. The first kappa shape index (κ1) is 19.1. The van der Waals surface area contributed by atoms with Crippen molar-refractivity contribution >= 4 is 22.4 Å². The Morgan fingerprint density at radius 3 is 2.48 bits per heavy atom. The topological polar surface area (TPSA) is 65.7 Å². The third kappa shape index (κ3) is 3.84. The highest BCUT2D eigenvalue weighted by molar-refractivity contribution is 7.15. The van der Waals surface area contributed by atoms with Crippen molar-refractivity contribution in [2.75, 3.05) is 13.2 Å². The molecule has 4 aromatic rings. The molecule has 0 unspecified atom stereocenters. The molecule has 4 rings (SSSR count). The van der Waals surface area contributed by atoms with Gasteiger partial charge in [-0.05, 0) is 61.9 Å². The van der Waals surface area contributed by atoms with Gasteiger partial charge in [0.25, 0.3) is 5.56 Å². The summed E-state index contributed by atoms with van der Waals surface area (Å²) in [4.78, 5) is 17.6. The van der Waals surface area contributed by atoms with Crippen LogP contribution in [-0.4, -0.2) is 27.8 Å². The second-order valence-corrected chi connectivity index (χ2v) is 7.13. The summed E-state index contributed by atoms with van der Waals surface area (Å²) in [6.07, 6.45) is 1.78. The van der Waals surface area contributed by atoms with E-state index in [1.54, 1.807) is 18.2 Å². The predicted molar refractivity (Wildman–Crippen MR) is 110 cm³/mol. The molecule has 8 heteroatoms. The number of benzene rings is 2. The molecule has 29 heavy (non-hydrogen) atoms. The van der Waals surface area contributed by atoms with Crippen molar-refractivity contribution < 1.29 is 13.9 Å². The summed E-state index contributed by atoms with van der Waals surface area (Å²) in [7, 11) is 0. The van der Waals surface area contributed by atoms with E-state index in [4.69, 9.17) is 9.47 Å². The van der Waals surface area contributed by atoms with Crippen LogP contribution in [0.3, 0.4) is 0 Å². The predicted octanol–water partition coefficient (Wildman–Crippen LogP) is 3.30. The van der Waals surface area contributed by atoms with E-state index in [0.717, 1.165) is 5.56 Å². The standard InChI is InChI=1S/C21H18FN3O3S/c1-3-27-16-10-5-13(11-17(16)28-4-2)12-18-20(26)25-21(29-18)23-19(24-25)14-6-8-15(22)9-7-14/h5-12H,3-4H2,1-2H3/b18-12+. The van der Waals surface area contributed by atoms with Gasteiger partial charge in [-0.25, -0.2) is 4.39 Å². The van der Waals surface area contributed by atoms with Crippen LogP contribution in [0.2, 0.25) is 0 Å².